The van der Waals surface area contributed by atoms with E-state index in [1.54, 1.807) is 0 Å². The molecule has 0 aliphatic carbocycles. The van der Waals surface area contributed by atoms with Crippen LogP contribution in [0, 0.1) is 0 Å². The number of nitrogens with zero attached hydrogens (tertiary/aromatic N) is 3. The maximum Gasteiger partial charge on any atom is 0.247 e. The predicted octanol–water partition coefficient (Wildman–Crippen LogP) is 3.16. The van der Waals surface area contributed by atoms with Crippen LogP contribution in [0.1, 0.15) is 24.8 Å². The van der Waals surface area contributed by atoms with E-state index in [2.05, 4.69) is 22.1 Å². The van der Waals surface area contributed by atoms with Crippen LogP contribution in [-0.4, -0.2) is 28.7 Å². The van der Waals surface area contributed by atoms with Crippen LogP contribution in [0.25, 0.3) is 11.5 Å². The standard InChI is InChI=1S/C13H14ClN3O/c1-17-7-3-6-11(17)13-16-15-12(18-13)9-4-2-5-10(14)8-9/h2,4-5,8,11H,3,6-7H2,1H3. The highest BCUT2D eigenvalue weighted by Gasteiger charge is 2.27. The Morgan fingerprint density at radius 2 is 2.28 bits per heavy atom. The van der Waals surface area contributed by atoms with Crippen LogP contribution in [-0.2, 0) is 0 Å². The lowest BCUT2D eigenvalue weighted by molar-refractivity contribution is 0.269. The quantitative estimate of drug-likeness (QED) is 0.835. The van der Waals surface area contributed by atoms with Gasteiger partial charge in [-0.2, -0.15) is 0 Å². The van der Waals surface area contributed by atoms with Crippen molar-refractivity contribution in [3.05, 3.63) is 35.2 Å². The summed E-state index contributed by atoms with van der Waals surface area (Å²) in [5.41, 5.74) is 0.863. The molecule has 1 unspecified atom stereocenters. The van der Waals surface area contributed by atoms with E-state index in [9.17, 15) is 0 Å². The average Bonchev–Trinajstić information content (AvgIpc) is 2.97. The molecule has 94 valence electrons. The molecule has 5 heteroatoms. The molecule has 2 heterocycles. The Morgan fingerprint density at radius 1 is 1.39 bits per heavy atom. The van der Waals surface area contributed by atoms with E-state index in [0.717, 1.165) is 18.5 Å². The third-order valence-corrected chi connectivity index (χ3v) is 3.55. The number of benzene rings is 1. The van der Waals surface area contributed by atoms with Gasteiger partial charge in [0.1, 0.15) is 0 Å². The number of halogens is 1. The minimum Gasteiger partial charge on any atom is -0.419 e. The molecular formula is C13H14ClN3O. The molecule has 0 N–H and O–H groups in total. The van der Waals surface area contributed by atoms with Crippen molar-refractivity contribution in [3.63, 3.8) is 0 Å². The second kappa shape index (κ2) is 4.71. The van der Waals surface area contributed by atoms with Crippen molar-refractivity contribution in [2.24, 2.45) is 0 Å². The van der Waals surface area contributed by atoms with Gasteiger partial charge in [0.05, 0.1) is 6.04 Å². The Morgan fingerprint density at radius 3 is 3.00 bits per heavy atom. The van der Waals surface area contributed by atoms with Gasteiger partial charge < -0.3 is 4.42 Å². The molecule has 2 aromatic rings. The molecule has 1 aliphatic heterocycles. The van der Waals surface area contributed by atoms with Crippen LogP contribution in [0.3, 0.4) is 0 Å². The monoisotopic (exact) mass is 263 g/mol. The van der Waals surface area contributed by atoms with Gasteiger partial charge in [0, 0.05) is 10.6 Å². The minimum atomic E-state index is 0.255. The summed E-state index contributed by atoms with van der Waals surface area (Å²) < 4.78 is 5.76. The first kappa shape index (κ1) is 11.7. The third-order valence-electron chi connectivity index (χ3n) is 3.32. The van der Waals surface area contributed by atoms with Crippen molar-refractivity contribution in [2.75, 3.05) is 13.6 Å². The highest BCUT2D eigenvalue weighted by atomic mass is 35.5. The molecule has 0 radical (unpaired) electrons. The summed E-state index contributed by atoms with van der Waals surface area (Å²) in [6, 6.07) is 7.71. The van der Waals surface area contributed by atoms with Crippen LogP contribution >= 0.6 is 11.6 Å². The summed E-state index contributed by atoms with van der Waals surface area (Å²) in [4.78, 5) is 2.25. The van der Waals surface area contributed by atoms with Crippen molar-refractivity contribution in [1.29, 1.82) is 0 Å². The van der Waals surface area contributed by atoms with Gasteiger partial charge in [-0.15, -0.1) is 10.2 Å². The van der Waals surface area contributed by atoms with E-state index >= 15 is 0 Å². The molecule has 0 amide bonds. The Kier molecular flexibility index (Phi) is 3.06. The Labute approximate surface area is 111 Å². The largest absolute Gasteiger partial charge is 0.419 e. The maximum atomic E-state index is 5.95. The Hall–Kier alpha value is -1.39. The second-order valence-corrected chi connectivity index (χ2v) is 5.03. The van der Waals surface area contributed by atoms with E-state index < -0.39 is 0 Å². The molecule has 1 saturated heterocycles. The van der Waals surface area contributed by atoms with E-state index in [4.69, 9.17) is 16.0 Å². The van der Waals surface area contributed by atoms with Gasteiger partial charge >= 0.3 is 0 Å². The number of aromatic nitrogens is 2. The summed E-state index contributed by atoms with van der Waals surface area (Å²) in [6.07, 6.45) is 2.25. The first-order valence-corrected chi connectivity index (χ1v) is 6.41. The first-order valence-electron chi connectivity index (χ1n) is 6.03. The van der Waals surface area contributed by atoms with Crippen molar-refractivity contribution in [2.45, 2.75) is 18.9 Å². The van der Waals surface area contributed by atoms with Crippen molar-refractivity contribution in [3.8, 4) is 11.5 Å². The van der Waals surface area contributed by atoms with Crippen molar-refractivity contribution >= 4 is 11.6 Å². The molecule has 0 bridgehead atoms. The molecule has 3 rings (SSSR count). The number of likely N-dealkylation sites (tertiary alicyclic amines) is 1. The van der Waals surface area contributed by atoms with Crippen LogP contribution in [0.5, 0.6) is 0 Å². The lowest BCUT2D eigenvalue weighted by atomic mass is 10.2. The molecule has 1 fully saturated rings. The van der Waals surface area contributed by atoms with Gasteiger partial charge in [0.25, 0.3) is 0 Å². The van der Waals surface area contributed by atoms with E-state index in [1.807, 2.05) is 24.3 Å². The fourth-order valence-corrected chi connectivity index (χ4v) is 2.52. The third kappa shape index (κ3) is 2.13. The highest BCUT2D eigenvalue weighted by molar-refractivity contribution is 6.30. The van der Waals surface area contributed by atoms with Crippen molar-refractivity contribution < 1.29 is 4.42 Å². The lowest BCUT2D eigenvalue weighted by Crippen LogP contribution is -2.17. The van der Waals surface area contributed by atoms with E-state index in [-0.39, 0.29) is 6.04 Å². The van der Waals surface area contributed by atoms with E-state index in [0.29, 0.717) is 16.8 Å². The smallest absolute Gasteiger partial charge is 0.247 e. The van der Waals surface area contributed by atoms with Crippen molar-refractivity contribution in [1.82, 2.24) is 15.1 Å². The van der Waals surface area contributed by atoms with Gasteiger partial charge in [-0.05, 0) is 44.6 Å². The molecule has 1 aliphatic rings. The average molecular weight is 264 g/mol. The van der Waals surface area contributed by atoms with Crippen LogP contribution in [0.4, 0.5) is 0 Å². The zero-order valence-corrected chi connectivity index (χ0v) is 10.9. The molecule has 1 aromatic carbocycles. The topological polar surface area (TPSA) is 42.2 Å². The van der Waals surface area contributed by atoms with Gasteiger partial charge in [-0.25, -0.2) is 0 Å². The summed E-state index contributed by atoms with van der Waals surface area (Å²) in [5.74, 6) is 1.23. The number of rotatable bonds is 2. The van der Waals surface area contributed by atoms with Gasteiger partial charge in [-0.1, -0.05) is 17.7 Å². The fraction of sp³-hybridized carbons (Fsp3) is 0.385. The Balaban J connectivity index is 1.89. The number of hydrogen-bond donors (Lipinski definition) is 0. The van der Waals surface area contributed by atoms with Crippen LogP contribution in [0.2, 0.25) is 5.02 Å². The SMILES string of the molecule is CN1CCCC1c1nnc(-c2cccc(Cl)c2)o1. The number of hydrogen-bond acceptors (Lipinski definition) is 4. The summed E-state index contributed by atoms with van der Waals surface area (Å²) >= 11 is 5.95. The molecular weight excluding hydrogens is 250 g/mol. The normalized spacial score (nSPS) is 20.4. The van der Waals surface area contributed by atoms with Gasteiger partial charge in [0.2, 0.25) is 11.8 Å². The van der Waals surface area contributed by atoms with Gasteiger partial charge in [-0.3, -0.25) is 4.90 Å². The zero-order valence-electron chi connectivity index (χ0n) is 10.1. The fourth-order valence-electron chi connectivity index (χ4n) is 2.33. The summed E-state index contributed by atoms with van der Waals surface area (Å²) in [7, 11) is 2.08. The lowest BCUT2D eigenvalue weighted by Gasteiger charge is -2.14. The first-order chi connectivity index (χ1) is 8.74. The molecule has 1 atom stereocenters. The zero-order chi connectivity index (χ0) is 12.5. The minimum absolute atomic E-state index is 0.255. The molecule has 4 nitrogen and oxygen atoms in total. The molecule has 0 spiro atoms. The van der Waals surface area contributed by atoms with E-state index in [1.165, 1.54) is 6.42 Å². The van der Waals surface area contributed by atoms with Crippen LogP contribution < -0.4 is 0 Å². The highest BCUT2D eigenvalue weighted by Crippen LogP contribution is 2.31. The molecule has 0 saturated carbocycles. The maximum absolute atomic E-state index is 5.95. The second-order valence-electron chi connectivity index (χ2n) is 4.59. The summed E-state index contributed by atoms with van der Waals surface area (Å²) in [6.45, 7) is 1.08. The predicted molar refractivity (Wildman–Crippen MR) is 69.3 cm³/mol. The Bertz CT molecular complexity index is 555. The van der Waals surface area contributed by atoms with Gasteiger partial charge in [0.15, 0.2) is 0 Å². The molecule has 18 heavy (non-hydrogen) atoms. The van der Waals surface area contributed by atoms with Crippen LogP contribution in [0.15, 0.2) is 28.7 Å². The summed E-state index contributed by atoms with van der Waals surface area (Å²) in [5, 5.41) is 8.93. The molecule has 1 aromatic heterocycles.